The van der Waals surface area contributed by atoms with Crippen molar-refractivity contribution in [2.75, 3.05) is 33.3 Å². The van der Waals surface area contributed by atoms with Crippen molar-refractivity contribution < 1.29 is 4.74 Å². The van der Waals surface area contributed by atoms with Crippen LogP contribution in [0.1, 0.15) is 43.9 Å². The fourth-order valence-electron chi connectivity index (χ4n) is 2.15. The monoisotopic (exact) mass is 252 g/mol. The van der Waals surface area contributed by atoms with Crippen LogP contribution in [0.2, 0.25) is 0 Å². The van der Waals surface area contributed by atoms with Crippen molar-refractivity contribution in [3.05, 3.63) is 17.7 Å². The molecule has 1 saturated heterocycles. The number of aromatic amines is 1. The van der Waals surface area contributed by atoms with Crippen molar-refractivity contribution in [2.24, 2.45) is 0 Å². The zero-order valence-electron chi connectivity index (χ0n) is 11.6. The third-order valence-corrected chi connectivity index (χ3v) is 3.36. The Morgan fingerprint density at radius 3 is 3.22 bits per heavy atom. The van der Waals surface area contributed by atoms with E-state index in [0.29, 0.717) is 6.04 Å². The van der Waals surface area contributed by atoms with Crippen molar-refractivity contribution in [1.82, 2.24) is 20.2 Å². The van der Waals surface area contributed by atoms with E-state index in [-0.39, 0.29) is 6.10 Å². The third kappa shape index (κ3) is 3.31. The van der Waals surface area contributed by atoms with Crippen LogP contribution in [0.25, 0.3) is 0 Å². The average molecular weight is 252 g/mol. The summed E-state index contributed by atoms with van der Waals surface area (Å²) in [5.41, 5.74) is 1.13. The van der Waals surface area contributed by atoms with Crippen LogP contribution >= 0.6 is 0 Å². The van der Waals surface area contributed by atoms with E-state index in [2.05, 4.69) is 41.1 Å². The van der Waals surface area contributed by atoms with Gasteiger partial charge in [-0.3, -0.25) is 0 Å². The lowest BCUT2D eigenvalue weighted by Gasteiger charge is -2.28. The molecule has 2 atom stereocenters. The Morgan fingerprint density at radius 1 is 1.67 bits per heavy atom. The summed E-state index contributed by atoms with van der Waals surface area (Å²) in [6.07, 6.45) is 3.14. The lowest BCUT2D eigenvalue weighted by Crippen LogP contribution is -2.35. The second kappa shape index (κ2) is 6.31. The SMILES string of the molecule is CCCNC(C)c1cnc(C2CN(C)CCO2)[nH]1. The highest BCUT2D eigenvalue weighted by atomic mass is 16.5. The zero-order chi connectivity index (χ0) is 13.0. The number of aromatic nitrogens is 2. The van der Waals surface area contributed by atoms with E-state index in [1.165, 1.54) is 0 Å². The van der Waals surface area contributed by atoms with Crippen LogP contribution in [0.15, 0.2) is 6.20 Å². The molecule has 2 unspecified atom stereocenters. The highest BCUT2D eigenvalue weighted by molar-refractivity contribution is 5.08. The summed E-state index contributed by atoms with van der Waals surface area (Å²) in [4.78, 5) is 10.1. The maximum atomic E-state index is 5.75. The first-order chi connectivity index (χ1) is 8.70. The molecular weight excluding hydrogens is 228 g/mol. The molecule has 1 fully saturated rings. The predicted molar refractivity (Wildman–Crippen MR) is 71.5 cm³/mol. The van der Waals surface area contributed by atoms with Crippen LogP contribution < -0.4 is 5.32 Å². The number of rotatable bonds is 5. The minimum absolute atomic E-state index is 0.0795. The van der Waals surface area contributed by atoms with E-state index >= 15 is 0 Å². The molecule has 0 bridgehead atoms. The lowest BCUT2D eigenvalue weighted by molar-refractivity contribution is -0.0251. The van der Waals surface area contributed by atoms with Gasteiger partial charge in [-0.2, -0.15) is 0 Å². The number of nitrogens with zero attached hydrogens (tertiary/aromatic N) is 2. The second-order valence-electron chi connectivity index (χ2n) is 5.02. The maximum Gasteiger partial charge on any atom is 0.136 e. The molecular formula is C13H24N4O. The molecule has 2 N–H and O–H groups in total. The second-order valence-corrected chi connectivity index (χ2v) is 5.02. The van der Waals surface area contributed by atoms with Gasteiger partial charge >= 0.3 is 0 Å². The molecule has 1 aromatic rings. The molecule has 5 nitrogen and oxygen atoms in total. The maximum absolute atomic E-state index is 5.75. The van der Waals surface area contributed by atoms with Gasteiger partial charge in [0.15, 0.2) is 0 Å². The Balaban J connectivity index is 1.96. The van der Waals surface area contributed by atoms with E-state index < -0.39 is 0 Å². The van der Waals surface area contributed by atoms with Gasteiger partial charge in [-0.15, -0.1) is 0 Å². The number of imidazole rings is 1. The number of hydrogen-bond donors (Lipinski definition) is 2. The summed E-state index contributed by atoms with van der Waals surface area (Å²) in [5.74, 6) is 0.946. The van der Waals surface area contributed by atoms with Crippen molar-refractivity contribution in [2.45, 2.75) is 32.4 Å². The van der Waals surface area contributed by atoms with Gasteiger partial charge in [0, 0.05) is 25.3 Å². The summed E-state index contributed by atoms with van der Waals surface area (Å²) in [7, 11) is 2.12. The van der Waals surface area contributed by atoms with E-state index in [4.69, 9.17) is 4.74 Å². The van der Waals surface area contributed by atoms with Gasteiger partial charge in [-0.05, 0) is 26.9 Å². The first-order valence-corrected chi connectivity index (χ1v) is 6.79. The van der Waals surface area contributed by atoms with Crippen molar-refractivity contribution in [1.29, 1.82) is 0 Å². The largest absolute Gasteiger partial charge is 0.368 e. The van der Waals surface area contributed by atoms with Crippen molar-refractivity contribution >= 4 is 0 Å². The molecule has 5 heteroatoms. The molecule has 1 aliphatic heterocycles. The molecule has 18 heavy (non-hydrogen) atoms. The van der Waals surface area contributed by atoms with Gasteiger partial charge < -0.3 is 19.9 Å². The van der Waals surface area contributed by atoms with Crippen LogP contribution in [-0.4, -0.2) is 48.2 Å². The normalized spacial score (nSPS) is 23.2. The molecule has 0 aliphatic carbocycles. The molecule has 0 spiro atoms. The average Bonchev–Trinajstić information content (AvgIpc) is 2.85. The van der Waals surface area contributed by atoms with Gasteiger partial charge in [0.05, 0.1) is 12.3 Å². The fourth-order valence-corrected chi connectivity index (χ4v) is 2.15. The highest BCUT2D eigenvalue weighted by Crippen LogP contribution is 2.20. The highest BCUT2D eigenvalue weighted by Gasteiger charge is 2.22. The van der Waals surface area contributed by atoms with E-state index in [1.54, 1.807) is 0 Å². The summed E-state index contributed by atoms with van der Waals surface area (Å²) < 4.78 is 5.75. The van der Waals surface area contributed by atoms with Crippen LogP contribution in [0.3, 0.4) is 0 Å². The molecule has 2 rings (SSSR count). The summed E-state index contributed by atoms with van der Waals surface area (Å²) >= 11 is 0. The molecule has 0 aromatic carbocycles. The number of morpholine rings is 1. The summed E-state index contributed by atoms with van der Waals surface area (Å²) in [6, 6.07) is 0.313. The quantitative estimate of drug-likeness (QED) is 0.833. The zero-order valence-corrected chi connectivity index (χ0v) is 11.6. The number of hydrogen-bond acceptors (Lipinski definition) is 4. The van der Waals surface area contributed by atoms with Crippen molar-refractivity contribution in [3.8, 4) is 0 Å². The molecule has 102 valence electrons. The van der Waals surface area contributed by atoms with Crippen LogP contribution in [0.4, 0.5) is 0 Å². The Morgan fingerprint density at radius 2 is 2.50 bits per heavy atom. The van der Waals surface area contributed by atoms with Gasteiger partial charge in [-0.1, -0.05) is 6.92 Å². The van der Waals surface area contributed by atoms with E-state index in [0.717, 1.165) is 44.2 Å². The first-order valence-electron chi connectivity index (χ1n) is 6.79. The molecule has 1 aromatic heterocycles. The lowest BCUT2D eigenvalue weighted by atomic mass is 10.2. The minimum Gasteiger partial charge on any atom is -0.368 e. The predicted octanol–water partition coefficient (Wildman–Crippen LogP) is 1.47. The van der Waals surface area contributed by atoms with E-state index in [9.17, 15) is 0 Å². The standard InChI is InChI=1S/C13H24N4O/c1-4-5-14-10(2)11-8-15-13(16-11)12-9-17(3)6-7-18-12/h8,10,12,14H,4-7,9H2,1-3H3,(H,15,16). The van der Waals surface area contributed by atoms with Crippen LogP contribution in [0, 0.1) is 0 Å². The molecule has 0 saturated carbocycles. The molecule has 2 heterocycles. The molecule has 0 radical (unpaired) electrons. The Hall–Kier alpha value is -0.910. The van der Waals surface area contributed by atoms with E-state index in [1.807, 2.05) is 6.20 Å². The van der Waals surface area contributed by atoms with Crippen molar-refractivity contribution in [3.63, 3.8) is 0 Å². The Labute approximate surface area is 109 Å². The summed E-state index contributed by atoms with van der Waals surface area (Å²) in [5, 5.41) is 3.45. The Bertz CT molecular complexity index is 366. The fraction of sp³-hybridized carbons (Fsp3) is 0.769. The Kier molecular flexibility index (Phi) is 4.74. The molecule has 1 aliphatic rings. The van der Waals surface area contributed by atoms with Gasteiger partial charge in [0.25, 0.3) is 0 Å². The molecule has 0 amide bonds. The van der Waals surface area contributed by atoms with Crippen LogP contribution in [-0.2, 0) is 4.74 Å². The minimum atomic E-state index is 0.0795. The number of ether oxygens (including phenoxy) is 1. The van der Waals surface area contributed by atoms with Gasteiger partial charge in [0.1, 0.15) is 11.9 Å². The first kappa shape index (κ1) is 13.5. The number of H-pyrrole nitrogens is 1. The van der Waals surface area contributed by atoms with Gasteiger partial charge in [0.2, 0.25) is 0 Å². The number of nitrogens with one attached hydrogen (secondary N) is 2. The van der Waals surface area contributed by atoms with Gasteiger partial charge in [-0.25, -0.2) is 4.98 Å². The van der Waals surface area contributed by atoms with Crippen LogP contribution in [0.5, 0.6) is 0 Å². The smallest absolute Gasteiger partial charge is 0.136 e. The topological polar surface area (TPSA) is 53.2 Å². The summed E-state index contributed by atoms with van der Waals surface area (Å²) in [6.45, 7) is 8.03. The third-order valence-electron chi connectivity index (χ3n) is 3.36. The number of likely N-dealkylation sites (N-methyl/N-ethyl adjacent to an activating group) is 1.